The van der Waals surface area contributed by atoms with Crippen LogP contribution in [-0.2, 0) is 11.2 Å². The molecule has 0 saturated heterocycles. The lowest BCUT2D eigenvalue weighted by atomic mass is 10.0. The zero-order valence-electron chi connectivity index (χ0n) is 12.0. The van der Waals surface area contributed by atoms with Crippen molar-refractivity contribution in [1.82, 2.24) is 5.32 Å². The van der Waals surface area contributed by atoms with Crippen molar-refractivity contribution in [1.29, 1.82) is 0 Å². The number of para-hydroxylation sites is 1. The van der Waals surface area contributed by atoms with Gasteiger partial charge in [-0.25, -0.2) is 0 Å². The van der Waals surface area contributed by atoms with E-state index in [2.05, 4.69) is 19.2 Å². The zero-order chi connectivity index (χ0) is 14.3. The molecule has 1 aromatic carbocycles. The van der Waals surface area contributed by atoms with Gasteiger partial charge in [0.1, 0.15) is 5.75 Å². The van der Waals surface area contributed by atoms with Gasteiger partial charge in [-0.1, -0.05) is 32.0 Å². The summed E-state index contributed by atoms with van der Waals surface area (Å²) in [6, 6.07) is 7.55. The Kier molecular flexibility index (Phi) is 6.36. The predicted octanol–water partition coefficient (Wildman–Crippen LogP) is 1.73. The largest absolute Gasteiger partial charge is 0.496 e. The van der Waals surface area contributed by atoms with E-state index in [0.29, 0.717) is 18.9 Å². The Bertz CT molecular complexity index is 405. The monoisotopic (exact) mass is 264 g/mol. The minimum atomic E-state index is -0.0243. The van der Waals surface area contributed by atoms with E-state index in [-0.39, 0.29) is 11.9 Å². The lowest BCUT2D eigenvalue weighted by Gasteiger charge is -2.15. The third-order valence-corrected chi connectivity index (χ3v) is 2.88. The van der Waals surface area contributed by atoms with Gasteiger partial charge in [-0.2, -0.15) is 0 Å². The third-order valence-electron chi connectivity index (χ3n) is 2.88. The van der Waals surface area contributed by atoms with Gasteiger partial charge in [-0.15, -0.1) is 0 Å². The molecule has 4 nitrogen and oxygen atoms in total. The van der Waals surface area contributed by atoms with Crippen molar-refractivity contribution in [2.45, 2.75) is 32.7 Å². The summed E-state index contributed by atoms with van der Waals surface area (Å²) in [5.74, 6) is 1.26. The summed E-state index contributed by atoms with van der Waals surface area (Å²) in [5.41, 5.74) is 6.82. The van der Waals surface area contributed by atoms with Gasteiger partial charge in [0.15, 0.2) is 0 Å². The van der Waals surface area contributed by atoms with E-state index >= 15 is 0 Å². The summed E-state index contributed by atoms with van der Waals surface area (Å²) in [4.78, 5) is 11.8. The topological polar surface area (TPSA) is 64.3 Å². The molecule has 0 radical (unpaired) electrons. The lowest BCUT2D eigenvalue weighted by molar-refractivity contribution is -0.120. The fourth-order valence-electron chi connectivity index (χ4n) is 2.02. The Morgan fingerprint density at radius 3 is 2.68 bits per heavy atom. The van der Waals surface area contributed by atoms with Gasteiger partial charge in [0.2, 0.25) is 5.91 Å². The van der Waals surface area contributed by atoms with Gasteiger partial charge in [0.05, 0.1) is 13.5 Å². The SMILES string of the molecule is COc1ccccc1CC(=O)NCC(N)CC(C)C. The summed E-state index contributed by atoms with van der Waals surface area (Å²) < 4.78 is 5.22. The molecule has 1 rings (SSSR count). The van der Waals surface area contributed by atoms with Crippen LogP contribution >= 0.6 is 0 Å². The van der Waals surface area contributed by atoms with E-state index in [1.807, 2.05) is 24.3 Å². The molecule has 4 heteroatoms. The highest BCUT2D eigenvalue weighted by Gasteiger charge is 2.10. The minimum Gasteiger partial charge on any atom is -0.496 e. The quantitative estimate of drug-likeness (QED) is 0.788. The zero-order valence-corrected chi connectivity index (χ0v) is 12.0. The fourth-order valence-corrected chi connectivity index (χ4v) is 2.02. The van der Waals surface area contributed by atoms with Crippen molar-refractivity contribution < 1.29 is 9.53 Å². The second kappa shape index (κ2) is 7.79. The van der Waals surface area contributed by atoms with E-state index in [0.717, 1.165) is 17.7 Å². The van der Waals surface area contributed by atoms with Crippen LogP contribution in [0.3, 0.4) is 0 Å². The van der Waals surface area contributed by atoms with Crippen molar-refractivity contribution >= 4 is 5.91 Å². The molecule has 1 aromatic rings. The molecule has 0 aliphatic rings. The van der Waals surface area contributed by atoms with Gasteiger partial charge >= 0.3 is 0 Å². The second-order valence-electron chi connectivity index (χ2n) is 5.18. The maximum absolute atomic E-state index is 11.8. The molecule has 106 valence electrons. The number of nitrogens with one attached hydrogen (secondary N) is 1. The van der Waals surface area contributed by atoms with Crippen LogP contribution in [0.4, 0.5) is 0 Å². The van der Waals surface area contributed by atoms with Crippen molar-refractivity contribution in [3.05, 3.63) is 29.8 Å². The molecule has 0 fully saturated rings. The number of benzene rings is 1. The van der Waals surface area contributed by atoms with E-state index in [1.165, 1.54) is 0 Å². The molecule has 0 aliphatic carbocycles. The minimum absolute atomic E-state index is 0.0154. The number of hydrogen-bond acceptors (Lipinski definition) is 3. The van der Waals surface area contributed by atoms with Crippen molar-refractivity contribution in [3.8, 4) is 5.75 Å². The number of nitrogens with two attached hydrogens (primary N) is 1. The second-order valence-corrected chi connectivity index (χ2v) is 5.18. The maximum Gasteiger partial charge on any atom is 0.224 e. The Labute approximate surface area is 115 Å². The number of hydrogen-bond donors (Lipinski definition) is 2. The number of ether oxygens (including phenoxy) is 1. The standard InChI is InChI=1S/C15H24N2O2/c1-11(2)8-13(16)10-17-15(18)9-12-6-4-5-7-14(12)19-3/h4-7,11,13H,8-10,16H2,1-3H3,(H,17,18). The number of carbonyl (C=O) groups is 1. The number of carbonyl (C=O) groups excluding carboxylic acids is 1. The first kappa shape index (κ1) is 15.5. The Morgan fingerprint density at radius 1 is 1.37 bits per heavy atom. The fraction of sp³-hybridized carbons (Fsp3) is 0.533. The maximum atomic E-state index is 11.8. The number of amides is 1. The molecule has 0 aliphatic heterocycles. The van der Waals surface area contributed by atoms with Crippen LogP contribution < -0.4 is 15.8 Å². The molecule has 3 N–H and O–H groups in total. The predicted molar refractivity (Wildman–Crippen MR) is 77.1 cm³/mol. The highest BCUT2D eigenvalue weighted by atomic mass is 16.5. The number of rotatable bonds is 7. The molecule has 0 aromatic heterocycles. The van der Waals surface area contributed by atoms with Crippen molar-refractivity contribution in [2.24, 2.45) is 11.7 Å². The van der Waals surface area contributed by atoms with Gasteiger partial charge in [0, 0.05) is 18.2 Å². The Balaban J connectivity index is 2.43. The van der Waals surface area contributed by atoms with Gasteiger partial charge in [0.25, 0.3) is 0 Å². The lowest BCUT2D eigenvalue weighted by Crippen LogP contribution is -2.38. The van der Waals surface area contributed by atoms with E-state index in [9.17, 15) is 4.79 Å². The van der Waals surface area contributed by atoms with Crippen LogP contribution in [0.5, 0.6) is 5.75 Å². The van der Waals surface area contributed by atoms with Crippen LogP contribution in [0, 0.1) is 5.92 Å². The molecule has 1 unspecified atom stereocenters. The molecule has 0 saturated carbocycles. The molecule has 0 bridgehead atoms. The summed E-state index contributed by atoms with van der Waals surface area (Å²) in [5, 5.41) is 2.87. The number of methoxy groups -OCH3 is 1. The molecule has 0 spiro atoms. The van der Waals surface area contributed by atoms with Gasteiger partial charge in [-0.05, 0) is 18.4 Å². The first-order valence-corrected chi connectivity index (χ1v) is 6.67. The Hall–Kier alpha value is -1.55. The average Bonchev–Trinajstić information content (AvgIpc) is 2.36. The van der Waals surface area contributed by atoms with Gasteiger partial charge in [-0.3, -0.25) is 4.79 Å². The van der Waals surface area contributed by atoms with E-state index < -0.39 is 0 Å². The molecular weight excluding hydrogens is 240 g/mol. The van der Waals surface area contributed by atoms with Crippen LogP contribution in [0.2, 0.25) is 0 Å². The smallest absolute Gasteiger partial charge is 0.224 e. The van der Waals surface area contributed by atoms with Crippen LogP contribution in [0.1, 0.15) is 25.8 Å². The highest BCUT2D eigenvalue weighted by Crippen LogP contribution is 2.17. The molecule has 0 heterocycles. The summed E-state index contributed by atoms with van der Waals surface area (Å²) in [6.07, 6.45) is 1.23. The van der Waals surface area contributed by atoms with Crippen molar-refractivity contribution in [2.75, 3.05) is 13.7 Å². The van der Waals surface area contributed by atoms with E-state index in [4.69, 9.17) is 10.5 Å². The first-order valence-electron chi connectivity index (χ1n) is 6.67. The van der Waals surface area contributed by atoms with Crippen LogP contribution in [-0.4, -0.2) is 25.6 Å². The molecule has 1 atom stereocenters. The first-order chi connectivity index (χ1) is 9.02. The highest BCUT2D eigenvalue weighted by molar-refractivity contribution is 5.79. The van der Waals surface area contributed by atoms with Crippen LogP contribution in [0.25, 0.3) is 0 Å². The summed E-state index contributed by atoms with van der Waals surface area (Å²) >= 11 is 0. The van der Waals surface area contributed by atoms with E-state index in [1.54, 1.807) is 7.11 Å². The molecule has 19 heavy (non-hydrogen) atoms. The summed E-state index contributed by atoms with van der Waals surface area (Å²) in [7, 11) is 1.61. The van der Waals surface area contributed by atoms with Crippen LogP contribution in [0.15, 0.2) is 24.3 Å². The molecular formula is C15H24N2O2. The molecule has 1 amide bonds. The third kappa shape index (κ3) is 5.75. The normalized spacial score (nSPS) is 12.3. The average molecular weight is 264 g/mol. The Morgan fingerprint density at radius 2 is 2.05 bits per heavy atom. The van der Waals surface area contributed by atoms with Gasteiger partial charge < -0.3 is 15.8 Å². The summed E-state index contributed by atoms with van der Waals surface area (Å²) in [6.45, 7) is 4.76. The van der Waals surface area contributed by atoms with Crippen molar-refractivity contribution in [3.63, 3.8) is 0 Å².